The van der Waals surface area contributed by atoms with E-state index >= 15 is 0 Å². The number of carbonyl (C=O) groups is 3. The molecule has 0 aliphatic carbocycles. The lowest BCUT2D eigenvalue weighted by Gasteiger charge is -2.38. The smallest absolute Gasteiger partial charge is 0.310 e. The zero-order chi connectivity index (χ0) is 24.6. The van der Waals surface area contributed by atoms with Gasteiger partial charge >= 0.3 is 5.97 Å². The van der Waals surface area contributed by atoms with Crippen LogP contribution in [0.5, 0.6) is 0 Å². The predicted octanol–water partition coefficient (Wildman–Crippen LogP) is 3.30. The Hall–Kier alpha value is -2.06. The molecule has 3 unspecified atom stereocenters. The number of amides is 2. The molecule has 1 aromatic rings. The van der Waals surface area contributed by atoms with E-state index in [2.05, 4.69) is 12.2 Å². The fourth-order valence-corrected chi connectivity index (χ4v) is 8.62. The number of fused-ring (bicyclic) bond motifs is 1. The van der Waals surface area contributed by atoms with Gasteiger partial charge in [0.15, 0.2) is 0 Å². The fraction of sp³-hybridized carbons (Fsp3) is 0.654. The SMILES string of the molecule is CCOC(=O)[C@@H]1[C@H]2C(=O)N(CCCCCO)C(C(=O)Nc3cc(C)ccc3C)C23S[C@@H]1CC3C. The van der Waals surface area contributed by atoms with Gasteiger partial charge in [0.2, 0.25) is 11.8 Å². The number of likely N-dealkylation sites (tertiary alicyclic amines) is 1. The third-order valence-corrected chi connectivity index (χ3v) is 9.84. The van der Waals surface area contributed by atoms with Gasteiger partial charge in [-0.1, -0.05) is 19.1 Å². The molecule has 3 saturated heterocycles. The van der Waals surface area contributed by atoms with Gasteiger partial charge < -0.3 is 20.1 Å². The highest BCUT2D eigenvalue weighted by Crippen LogP contribution is 2.68. The number of unbranched alkanes of at least 4 members (excludes halogenated alkanes) is 2. The number of benzene rings is 1. The first-order chi connectivity index (χ1) is 16.3. The molecule has 3 aliphatic heterocycles. The maximum absolute atomic E-state index is 13.9. The van der Waals surface area contributed by atoms with Crippen LogP contribution in [0.3, 0.4) is 0 Å². The Bertz CT molecular complexity index is 969. The Labute approximate surface area is 206 Å². The number of esters is 1. The number of aryl methyl sites for hydroxylation is 2. The normalized spacial score (nSPS) is 31.6. The molecule has 3 heterocycles. The van der Waals surface area contributed by atoms with Crippen molar-refractivity contribution in [2.75, 3.05) is 25.1 Å². The summed E-state index contributed by atoms with van der Waals surface area (Å²) in [5.41, 5.74) is 2.77. The summed E-state index contributed by atoms with van der Waals surface area (Å²) < 4.78 is 4.74. The Kier molecular flexibility index (Phi) is 7.29. The monoisotopic (exact) mass is 488 g/mol. The van der Waals surface area contributed by atoms with Crippen molar-refractivity contribution in [1.82, 2.24) is 4.90 Å². The van der Waals surface area contributed by atoms with Crippen molar-refractivity contribution < 1.29 is 24.2 Å². The van der Waals surface area contributed by atoms with Crippen LogP contribution < -0.4 is 5.32 Å². The van der Waals surface area contributed by atoms with Gasteiger partial charge in [-0.05, 0) is 69.6 Å². The van der Waals surface area contributed by atoms with Crippen molar-refractivity contribution in [3.8, 4) is 0 Å². The highest BCUT2D eigenvalue weighted by Gasteiger charge is 2.76. The first-order valence-corrected chi connectivity index (χ1v) is 13.3. The molecular weight excluding hydrogens is 452 g/mol. The van der Waals surface area contributed by atoms with Gasteiger partial charge in [-0.15, -0.1) is 11.8 Å². The van der Waals surface area contributed by atoms with E-state index in [1.807, 2.05) is 32.0 Å². The number of hydrogen-bond acceptors (Lipinski definition) is 6. The molecule has 0 aromatic heterocycles. The van der Waals surface area contributed by atoms with Crippen molar-refractivity contribution in [3.05, 3.63) is 29.3 Å². The molecule has 3 fully saturated rings. The number of ether oxygens (including phenoxy) is 1. The first kappa shape index (κ1) is 25.0. The maximum Gasteiger partial charge on any atom is 0.310 e. The van der Waals surface area contributed by atoms with Crippen molar-refractivity contribution in [2.45, 2.75) is 69.4 Å². The minimum atomic E-state index is -0.650. The van der Waals surface area contributed by atoms with Gasteiger partial charge in [0.1, 0.15) is 6.04 Å². The average molecular weight is 489 g/mol. The molecule has 34 heavy (non-hydrogen) atoms. The summed E-state index contributed by atoms with van der Waals surface area (Å²) in [6, 6.07) is 5.29. The van der Waals surface area contributed by atoms with E-state index in [0.29, 0.717) is 19.4 Å². The Morgan fingerprint density at radius 3 is 2.74 bits per heavy atom. The molecule has 2 amide bonds. The Morgan fingerprint density at radius 1 is 1.26 bits per heavy atom. The van der Waals surface area contributed by atoms with E-state index < -0.39 is 22.6 Å². The molecule has 0 saturated carbocycles. The van der Waals surface area contributed by atoms with Crippen molar-refractivity contribution >= 4 is 35.2 Å². The molecular formula is C26H36N2O5S. The maximum atomic E-state index is 13.9. The van der Waals surface area contributed by atoms with Crippen LogP contribution >= 0.6 is 11.8 Å². The number of carbonyl (C=O) groups excluding carboxylic acids is 3. The van der Waals surface area contributed by atoms with Crippen LogP contribution in [-0.2, 0) is 19.1 Å². The summed E-state index contributed by atoms with van der Waals surface area (Å²) in [7, 11) is 0. The molecule has 3 aliphatic rings. The summed E-state index contributed by atoms with van der Waals surface area (Å²) in [6.07, 6.45) is 2.93. The van der Waals surface area contributed by atoms with Gasteiger partial charge in [-0.3, -0.25) is 14.4 Å². The van der Waals surface area contributed by atoms with Gasteiger partial charge in [-0.25, -0.2) is 0 Å². The van der Waals surface area contributed by atoms with Crippen LogP contribution in [0.25, 0.3) is 0 Å². The van der Waals surface area contributed by atoms with E-state index in [0.717, 1.165) is 29.7 Å². The molecule has 7 nitrogen and oxygen atoms in total. The molecule has 2 bridgehead atoms. The van der Waals surface area contributed by atoms with Gasteiger partial charge in [0, 0.05) is 24.1 Å². The summed E-state index contributed by atoms with van der Waals surface area (Å²) in [5, 5.41) is 12.3. The zero-order valence-electron chi connectivity index (χ0n) is 20.5. The average Bonchev–Trinajstić information content (AvgIpc) is 3.38. The number of aliphatic hydroxyl groups is 1. The minimum absolute atomic E-state index is 0.00413. The van der Waals surface area contributed by atoms with Crippen molar-refractivity contribution in [2.24, 2.45) is 17.8 Å². The molecule has 6 atom stereocenters. The molecule has 1 aromatic carbocycles. The van der Waals surface area contributed by atoms with E-state index in [1.54, 1.807) is 23.6 Å². The minimum Gasteiger partial charge on any atom is -0.466 e. The summed E-state index contributed by atoms with van der Waals surface area (Å²) >= 11 is 1.66. The van der Waals surface area contributed by atoms with Crippen molar-refractivity contribution in [1.29, 1.82) is 0 Å². The summed E-state index contributed by atoms with van der Waals surface area (Å²) in [6.45, 7) is 8.65. The van der Waals surface area contributed by atoms with E-state index in [9.17, 15) is 14.4 Å². The highest BCUT2D eigenvalue weighted by molar-refractivity contribution is 8.02. The molecule has 4 rings (SSSR count). The second kappa shape index (κ2) is 9.90. The van der Waals surface area contributed by atoms with Crippen LogP contribution in [-0.4, -0.2) is 63.6 Å². The van der Waals surface area contributed by atoms with E-state index in [1.165, 1.54) is 0 Å². The third kappa shape index (κ3) is 4.02. The number of thioether (sulfide) groups is 1. The standard InChI is InChI=1S/C26H36N2O5S/c1-5-33-25(32)20-19-14-17(4)26(34-19)21(20)24(31)28(11-7-6-8-12-29)22(26)23(30)27-18-13-15(2)9-10-16(18)3/h9-10,13,17,19-22,29H,5-8,11-12,14H2,1-4H3,(H,27,30)/t17?,19-,20+,21+,22?,26?/m1/s1. The Balaban J connectivity index is 1.70. The lowest BCUT2D eigenvalue weighted by Crippen LogP contribution is -2.54. The lowest BCUT2D eigenvalue weighted by atomic mass is 9.66. The second-order valence-corrected chi connectivity index (χ2v) is 11.5. The van der Waals surface area contributed by atoms with Crippen LogP contribution in [0.2, 0.25) is 0 Å². The third-order valence-electron chi connectivity index (χ3n) is 7.76. The van der Waals surface area contributed by atoms with Gasteiger partial charge in [-0.2, -0.15) is 0 Å². The number of rotatable bonds is 9. The zero-order valence-corrected chi connectivity index (χ0v) is 21.3. The largest absolute Gasteiger partial charge is 0.466 e. The van der Waals surface area contributed by atoms with E-state index in [4.69, 9.17) is 9.84 Å². The molecule has 1 spiro atoms. The van der Waals surface area contributed by atoms with Gasteiger partial charge in [0.05, 0.1) is 23.2 Å². The number of anilines is 1. The highest BCUT2D eigenvalue weighted by atomic mass is 32.2. The fourth-order valence-electron chi connectivity index (χ4n) is 6.21. The predicted molar refractivity (Wildman–Crippen MR) is 132 cm³/mol. The molecule has 186 valence electrons. The van der Waals surface area contributed by atoms with Crippen LogP contribution in [0.4, 0.5) is 5.69 Å². The Morgan fingerprint density at radius 2 is 2.03 bits per heavy atom. The molecule has 2 N–H and O–H groups in total. The number of hydrogen-bond donors (Lipinski definition) is 2. The number of nitrogens with one attached hydrogen (secondary N) is 1. The lowest BCUT2D eigenvalue weighted by molar-refractivity contribution is -0.154. The second-order valence-electron chi connectivity index (χ2n) is 9.93. The van der Waals surface area contributed by atoms with Crippen LogP contribution in [0, 0.1) is 31.6 Å². The summed E-state index contributed by atoms with van der Waals surface area (Å²) in [5.74, 6) is -1.53. The van der Waals surface area contributed by atoms with Crippen molar-refractivity contribution in [3.63, 3.8) is 0 Å². The van der Waals surface area contributed by atoms with Crippen LogP contribution in [0.15, 0.2) is 18.2 Å². The number of nitrogens with zero attached hydrogens (tertiary/aromatic N) is 1. The summed E-state index contributed by atoms with van der Waals surface area (Å²) in [4.78, 5) is 42.5. The first-order valence-electron chi connectivity index (χ1n) is 12.4. The number of aliphatic hydroxyl groups excluding tert-OH is 1. The quantitative estimate of drug-likeness (QED) is 0.409. The van der Waals surface area contributed by atoms with Gasteiger partial charge in [0.25, 0.3) is 0 Å². The molecule has 0 radical (unpaired) electrons. The molecule has 8 heteroatoms. The van der Waals surface area contributed by atoms with Crippen LogP contribution in [0.1, 0.15) is 50.7 Å². The van der Waals surface area contributed by atoms with E-state index in [-0.39, 0.29) is 42.2 Å². The topological polar surface area (TPSA) is 95.9 Å².